The number of thiophene rings is 1. The van der Waals surface area contributed by atoms with E-state index >= 15 is 0 Å². The smallest absolute Gasteiger partial charge is 0.423 e. The normalized spacial score (nSPS) is 18.9. The van der Waals surface area contributed by atoms with Gasteiger partial charge < -0.3 is 39.7 Å². The summed E-state index contributed by atoms with van der Waals surface area (Å²) < 4.78 is 46.6. The quantitative estimate of drug-likeness (QED) is 0.121. The zero-order valence-electron chi connectivity index (χ0n) is 27.1. The molecular weight excluding hydrogens is 706 g/mol. The molecule has 0 radical (unpaired) electrons. The van der Waals surface area contributed by atoms with E-state index < -0.39 is 49.8 Å². The number of amides is 3. The first kappa shape index (κ1) is 36.8. The summed E-state index contributed by atoms with van der Waals surface area (Å²) in [4.78, 5) is 63.4. The number of alkyl halides is 2. The van der Waals surface area contributed by atoms with E-state index in [1.807, 2.05) is 30.3 Å². The van der Waals surface area contributed by atoms with E-state index in [4.69, 9.17) is 14.5 Å². The lowest BCUT2D eigenvalue weighted by Gasteiger charge is -2.37. The maximum atomic E-state index is 14.4. The number of morpholine rings is 1. The molecule has 1 aromatic heterocycles. The van der Waals surface area contributed by atoms with Crippen molar-refractivity contribution in [2.45, 2.75) is 43.1 Å². The van der Waals surface area contributed by atoms with Crippen molar-refractivity contribution < 1.29 is 52.3 Å². The summed E-state index contributed by atoms with van der Waals surface area (Å²) in [6, 6.07) is 18.1. The number of ether oxygens (including phenoxy) is 1. The van der Waals surface area contributed by atoms with E-state index in [9.17, 15) is 37.8 Å². The summed E-state index contributed by atoms with van der Waals surface area (Å²) in [6.07, 6.45) is 0.666. The van der Waals surface area contributed by atoms with Crippen LogP contribution in [0.15, 0.2) is 78.9 Å². The van der Waals surface area contributed by atoms with Crippen LogP contribution in [0, 0.1) is 0 Å². The number of nitrogens with one attached hydrogen (secondary N) is 1. The molecule has 2 aliphatic heterocycles. The lowest BCUT2D eigenvalue weighted by Crippen LogP contribution is -2.56. The number of hydrogen-bond acceptors (Lipinski definition) is 8. The molecule has 5 N–H and O–H groups in total. The minimum absolute atomic E-state index is 0.0129. The number of likely N-dealkylation sites (tertiary alicyclic amines) is 1. The molecule has 2 fully saturated rings. The Bertz CT molecular complexity index is 1960. The standard InChI is InChI=1S/C34H35BF2N3O9PS/c36-34(37,50(46,47)48)24-10-13-29-23(18-24)19-30(51-29)31(41)38-26(17-21-8-11-25(12-9-21)35(44)45)32(42)40-14-4-7-27(40)33(43)39-15-16-49-28(20-39)22-5-2-1-3-6-22/h1-3,5-6,8-13,18-19,26-28,44-45H,4,7,14-17,20H2,(H,38,41)(H2,46,47,48)/t26-,27-,28-/m0/s1. The monoisotopic (exact) mass is 741 g/mol. The van der Waals surface area contributed by atoms with Crippen LogP contribution in [0.25, 0.3) is 10.1 Å². The van der Waals surface area contributed by atoms with Gasteiger partial charge in [-0.3, -0.25) is 18.9 Å². The largest absolute Gasteiger partial charge is 0.488 e. The number of hydrogen-bond donors (Lipinski definition) is 5. The molecule has 51 heavy (non-hydrogen) atoms. The summed E-state index contributed by atoms with van der Waals surface area (Å²) in [7, 11) is -7.52. The Morgan fingerprint density at radius 3 is 2.43 bits per heavy atom. The maximum absolute atomic E-state index is 14.4. The van der Waals surface area contributed by atoms with Crippen LogP contribution in [0.1, 0.15) is 45.3 Å². The minimum atomic E-state index is -5.81. The predicted octanol–water partition coefficient (Wildman–Crippen LogP) is 2.74. The van der Waals surface area contributed by atoms with Crippen molar-refractivity contribution in [3.63, 3.8) is 0 Å². The molecule has 2 aliphatic rings. The number of benzene rings is 3. The molecule has 2 saturated heterocycles. The molecule has 4 aromatic rings. The molecular formula is C34H35BF2N3O9PS. The first-order valence-electron chi connectivity index (χ1n) is 16.2. The van der Waals surface area contributed by atoms with E-state index in [1.54, 1.807) is 17.0 Å². The van der Waals surface area contributed by atoms with Crippen molar-refractivity contribution in [1.29, 1.82) is 0 Å². The van der Waals surface area contributed by atoms with Gasteiger partial charge in [-0.1, -0.05) is 60.7 Å². The Morgan fingerprint density at radius 2 is 1.75 bits per heavy atom. The van der Waals surface area contributed by atoms with Crippen molar-refractivity contribution >= 4 is 59.3 Å². The molecule has 0 aliphatic carbocycles. The van der Waals surface area contributed by atoms with Crippen LogP contribution in [-0.2, 0) is 31.0 Å². The second kappa shape index (κ2) is 14.9. The number of nitrogens with zero attached hydrogens (tertiary/aromatic N) is 2. The first-order chi connectivity index (χ1) is 24.2. The number of fused-ring (bicyclic) bond motifs is 1. The van der Waals surface area contributed by atoms with Gasteiger partial charge in [0, 0.05) is 29.8 Å². The van der Waals surface area contributed by atoms with Crippen LogP contribution in [0.4, 0.5) is 8.78 Å². The highest BCUT2D eigenvalue weighted by Gasteiger charge is 2.50. The van der Waals surface area contributed by atoms with Crippen LogP contribution in [0.2, 0.25) is 0 Å². The van der Waals surface area contributed by atoms with Crippen LogP contribution < -0.4 is 10.8 Å². The molecule has 17 heteroatoms. The van der Waals surface area contributed by atoms with Gasteiger partial charge in [-0.2, -0.15) is 8.78 Å². The number of rotatable bonds is 10. The summed E-state index contributed by atoms with van der Waals surface area (Å²) in [5.74, 6) is -1.41. The average molecular weight is 742 g/mol. The second-order valence-corrected chi connectivity index (χ2v) is 15.3. The fraction of sp³-hybridized carbons (Fsp3) is 0.324. The van der Waals surface area contributed by atoms with Gasteiger partial charge in [0.05, 0.1) is 18.0 Å². The molecule has 0 spiro atoms. The number of carbonyl (C=O) groups is 3. The summed E-state index contributed by atoms with van der Waals surface area (Å²) in [6.45, 7) is 1.29. The highest BCUT2D eigenvalue weighted by molar-refractivity contribution is 7.52. The molecule has 0 unspecified atom stereocenters. The third kappa shape index (κ3) is 7.92. The van der Waals surface area contributed by atoms with E-state index in [0.717, 1.165) is 29.0 Å². The summed E-state index contributed by atoms with van der Waals surface area (Å²) >= 11 is 0.948. The van der Waals surface area contributed by atoms with Gasteiger partial charge in [0.15, 0.2) is 0 Å². The average Bonchev–Trinajstić information content (AvgIpc) is 3.79. The van der Waals surface area contributed by atoms with Gasteiger partial charge in [0.25, 0.3) is 5.91 Å². The fourth-order valence-corrected chi connectivity index (χ4v) is 7.84. The van der Waals surface area contributed by atoms with E-state index in [-0.39, 0.29) is 40.7 Å². The SMILES string of the molecule is O=C(N[C@@H](Cc1ccc(B(O)O)cc1)C(=O)N1CCC[C@H]1C(=O)N1CCO[C@H](c2ccccc2)C1)c1cc2cc(C(F)(F)P(=O)(O)O)ccc2s1. The minimum Gasteiger partial charge on any atom is -0.423 e. The Morgan fingerprint density at radius 1 is 1.02 bits per heavy atom. The maximum Gasteiger partial charge on any atom is 0.488 e. The molecule has 0 saturated carbocycles. The molecule has 6 rings (SSSR count). The zero-order valence-corrected chi connectivity index (χ0v) is 28.8. The predicted molar refractivity (Wildman–Crippen MR) is 185 cm³/mol. The third-order valence-corrected chi connectivity index (χ3v) is 11.2. The van der Waals surface area contributed by atoms with Gasteiger partial charge >= 0.3 is 20.4 Å². The number of halogens is 2. The topological polar surface area (TPSA) is 177 Å². The molecule has 3 amide bonds. The highest BCUT2D eigenvalue weighted by Crippen LogP contribution is 2.59. The molecule has 3 aromatic carbocycles. The molecule has 268 valence electrons. The lowest BCUT2D eigenvalue weighted by atomic mass is 9.80. The van der Waals surface area contributed by atoms with Crippen molar-refractivity contribution in [1.82, 2.24) is 15.1 Å². The van der Waals surface area contributed by atoms with Crippen LogP contribution in [0.3, 0.4) is 0 Å². The Kier molecular flexibility index (Phi) is 10.8. The first-order valence-corrected chi connectivity index (χ1v) is 18.6. The Balaban J connectivity index is 1.24. The van der Waals surface area contributed by atoms with Gasteiger partial charge in [-0.05, 0) is 53.0 Å². The molecule has 3 atom stereocenters. The van der Waals surface area contributed by atoms with Gasteiger partial charge in [-0.15, -0.1) is 11.3 Å². The highest BCUT2D eigenvalue weighted by atomic mass is 32.1. The summed E-state index contributed by atoms with van der Waals surface area (Å²) in [5.41, 5.74) is -3.59. The van der Waals surface area contributed by atoms with E-state index in [0.29, 0.717) is 42.8 Å². The van der Waals surface area contributed by atoms with Crippen molar-refractivity contribution in [2.24, 2.45) is 0 Å². The third-order valence-electron chi connectivity index (χ3n) is 9.14. The zero-order chi connectivity index (χ0) is 36.5. The van der Waals surface area contributed by atoms with Crippen LogP contribution >= 0.6 is 18.9 Å². The van der Waals surface area contributed by atoms with E-state index in [1.165, 1.54) is 29.2 Å². The Labute approximate surface area is 295 Å². The number of carbonyl (C=O) groups excluding carboxylic acids is 3. The van der Waals surface area contributed by atoms with Gasteiger partial charge in [0.2, 0.25) is 11.8 Å². The van der Waals surface area contributed by atoms with Crippen molar-refractivity contribution in [3.8, 4) is 0 Å². The lowest BCUT2D eigenvalue weighted by molar-refractivity contribution is -0.149. The fourth-order valence-electron chi connectivity index (χ4n) is 6.42. The van der Waals surface area contributed by atoms with Crippen LogP contribution in [0.5, 0.6) is 0 Å². The van der Waals surface area contributed by atoms with Crippen LogP contribution in [-0.4, -0.2) is 92.8 Å². The van der Waals surface area contributed by atoms with Crippen molar-refractivity contribution in [3.05, 3.63) is 100 Å². The summed E-state index contributed by atoms with van der Waals surface area (Å²) in [5, 5.41) is 21.9. The van der Waals surface area contributed by atoms with Gasteiger partial charge in [-0.25, -0.2) is 0 Å². The Hall–Kier alpha value is -4.02. The van der Waals surface area contributed by atoms with Crippen molar-refractivity contribution in [2.75, 3.05) is 26.2 Å². The molecule has 12 nitrogen and oxygen atoms in total. The molecule has 3 heterocycles. The molecule has 0 bridgehead atoms. The second-order valence-electron chi connectivity index (χ2n) is 12.5. The van der Waals surface area contributed by atoms with Gasteiger partial charge in [0.1, 0.15) is 18.2 Å². The van der Waals surface area contributed by atoms with E-state index in [2.05, 4.69) is 5.32 Å².